The highest BCUT2D eigenvalue weighted by Crippen LogP contribution is 2.24. The van der Waals surface area contributed by atoms with Crippen molar-refractivity contribution in [1.29, 1.82) is 0 Å². The van der Waals surface area contributed by atoms with Crippen LogP contribution in [0.3, 0.4) is 0 Å². The molecule has 1 heterocycles. The van der Waals surface area contributed by atoms with Gasteiger partial charge in [0.1, 0.15) is 17.1 Å². The van der Waals surface area contributed by atoms with Crippen LogP contribution in [0.4, 0.5) is 5.69 Å². The summed E-state index contributed by atoms with van der Waals surface area (Å²) >= 11 is 0. The number of nitrogens with one attached hydrogen (secondary N) is 1. The Morgan fingerprint density at radius 1 is 1.00 bits per heavy atom. The summed E-state index contributed by atoms with van der Waals surface area (Å²) in [6.45, 7) is 0. The molecule has 0 saturated carbocycles. The Morgan fingerprint density at radius 3 is 2.64 bits per heavy atom. The molecular weight excluding hydrogens is 286 g/mol. The van der Waals surface area contributed by atoms with Gasteiger partial charge in [-0.2, -0.15) is 0 Å². The van der Waals surface area contributed by atoms with Gasteiger partial charge in [0.2, 0.25) is 0 Å². The van der Waals surface area contributed by atoms with Crippen LogP contribution in [-0.2, 0) is 0 Å². The van der Waals surface area contributed by atoms with Crippen molar-refractivity contribution in [2.45, 2.75) is 0 Å². The van der Waals surface area contributed by atoms with Gasteiger partial charge in [-0.25, -0.2) is 4.79 Å². The molecule has 1 amide bonds. The zero-order valence-electron chi connectivity index (χ0n) is 11.2. The second-order valence-corrected chi connectivity index (χ2v) is 4.66. The number of rotatable bonds is 2. The van der Waals surface area contributed by atoms with E-state index in [2.05, 4.69) is 5.32 Å². The fraction of sp³-hybridized carbons (Fsp3) is 0. The highest BCUT2D eigenvalue weighted by Gasteiger charge is 2.12. The van der Waals surface area contributed by atoms with Gasteiger partial charge >= 0.3 is 5.63 Å². The Hall–Kier alpha value is -3.28. The molecule has 3 rings (SSSR count). The van der Waals surface area contributed by atoms with Gasteiger partial charge in [-0.05, 0) is 42.5 Å². The van der Waals surface area contributed by atoms with E-state index in [4.69, 9.17) is 4.42 Å². The van der Waals surface area contributed by atoms with Gasteiger partial charge in [-0.15, -0.1) is 0 Å². The van der Waals surface area contributed by atoms with E-state index in [9.17, 15) is 19.8 Å². The molecule has 6 nitrogen and oxygen atoms in total. The van der Waals surface area contributed by atoms with Crippen molar-refractivity contribution in [2.24, 2.45) is 0 Å². The quantitative estimate of drug-likeness (QED) is 0.498. The fourth-order valence-corrected chi connectivity index (χ4v) is 2.05. The maximum atomic E-state index is 12.1. The molecule has 0 spiro atoms. The van der Waals surface area contributed by atoms with Crippen LogP contribution >= 0.6 is 0 Å². The van der Waals surface area contributed by atoms with Crippen LogP contribution < -0.4 is 10.9 Å². The standard InChI is InChI=1S/C16H11NO5/c18-11-3-4-13(19)12(8-11)16(21)17-10-2-5-14-9(7-10)1-6-15(20)22-14/h1-8,18-19H,(H,17,21). The molecule has 0 bridgehead atoms. The Labute approximate surface area is 124 Å². The number of carbonyl (C=O) groups is 1. The predicted molar refractivity (Wildman–Crippen MR) is 80.2 cm³/mol. The molecule has 0 radical (unpaired) electrons. The van der Waals surface area contributed by atoms with Crippen molar-refractivity contribution in [3.05, 3.63) is 64.5 Å². The molecule has 0 unspecified atom stereocenters. The highest BCUT2D eigenvalue weighted by atomic mass is 16.4. The minimum Gasteiger partial charge on any atom is -0.508 e. The molecule has 0 aliphatic carbocycles. The number of hydrogen-bond donors (Lipinski definition) is 3. The number of amides is 1. The SMILES string of the molecule is O=C(Nc1ccc2oc(=O)ccc2c1)c1cc(O)ccc1O. The maximum absolute atomic E-state index is 12.1. The summed E-state index contributed by atoms with van der Waals surface area (Å²) in [6, 6.07) is 11.3. The van der Waals surface area contributed by atoms with Crippen molar-refractivity contribution in [3.8, 4) is 11.5 Å². The first-order chi connectivity index (χ1) is 10.5. The largest absolute Gasteiger partial charge is 0.508 e. The molecule has 0 aliphatic rings. The van der Waals surface area contributed by atoms with E-state index in [1.807, 2.05) is 0 Å². The first-order valence-electron chi connectivity index (χ1n) is 6.40. The Kier molecular flexibility index (Phi) is 3.27. The topological polar surface area (TPSA) is 99.8 Å². The first kappa shape index (κ1) is 13.7. The van der Waals surface area contributed by atoms with Crippen LogP contribution in [0.15, 0.2) is 57.7 Å². The normalized spacial score (nSPS) is 10.5. The number of phenolic OH excluding ortho intramolecular Hbond substituents is 2. The second-order valence-electron chi connectivity index (χ2n) is 4.66. The van der Waals surface area contributed by atoms with Crippen molar-refractivity contribution >= 4 is 22.6 Å². The Balaban J connectivity index is 1.92. The number of anilines is 1. The minimum absolute atomic E-state index is 0.0420. The van der Waals surface area contributed by atoms with Crippen molar-refractivity contribution in [1.82, 2.24) is 0 Å². The average Bonchev–Trinajstić information content (AvgIpc) is 2.49. The molecule has 6 heteroatoms. The van der Waals surface area contributed by atoms with Gasteiger partial charge in [0.15, 0.2) is 0 Å². The summed E-state index contributed by atoms with van der Waals surface area (Å²) in [5.74, 6) is -0.921. The number of fused-ring (bicyclic) bond motifs is 1. The molecular formula is C16H11NO5. The van der Waals surface area contributed by atoms with E-state index in [1.54, 1.807) is 24.3 Å². The summed E-state index contributed by atoms with van der Waals surface area (Å²) in [7, 11) is 0. The fourth-order valence-electron chi connectivity index (χ4n) is 2.05. The predicted octanol–water partition coefficient (Wildman–Crippen LogP) is 2.46. The summed E-state index contributed by atoms with van der Waals surface area (Å²) in [5, 5.41) is 22.3. The first-order valence-corrected chi connectivity index (χ1v) is 6.40. The lowest BCUT2D eigenvalue weighted by Crippen LogP contribution is -2.12. The van der Waals surface area contributed by atoms with Crippen molar-refractivity contribution in [2.75, 3.05) is 5.32 Å². The molecule has 3 N–H and O–H groups in total. The molecule has 0 atom stereocenters. The molecule has 1 aromatic heterocycles. The number of hydrogen-bond acceptors (Lipinski definition) is 5. The molecule has 3 aromatic rings. The second kappa shape index (κ2) is 5.25. The van der Waals surface area contributed by atoms with E-state index >= 15 is 0 Å². The van der Waals surface area contributed by atoms with Crippen LogP contribution in [0.25, 0.3) is 11.0 Å². The third-order valence-corrected chi connectivity index (χ3v) is 3.10. The summed E-state index contributed by atoms with van der Waals surface area (Å²) in [4.78, 5) is 23.2. The van der Waals surface area contributed by atoms with E-state index in [0.29, 0.717) is 16.7 Å². The zero-order chi connectivity index (χ0) is 15.7. The number of aromatic hydroxyl groups is 2. The van der Waals surface area contributed by atoms with Crippen LogP contribution in [0.1, 0.15) is 10.4 Å². The molecule has 22 heavy (non-hydrogen) atoms. The summed E-state index contributed by atoms with van der Waals surface area (Å²) in [6.07, 6.45) is 0. The molecule has 2 aromatic carbocycles. The third-order valence-electron chi connectivity index (χ3n) is 3.10. The van der Waals surface area contributed by atoms with E-state index in [-0.39, 0.29) is 17.1 Å². The Bertz CT molecular complexity index is 929. The molecule has 0 fully saturated rings. The minimum atomic E-state index is -0.565. The number of benzene rings is 2. The lowest BCUT2D eigenvalue weighted by molar-refractivity contribution is 0.102. The smallest absolute Gasteiger partial charge is 0.336 e. The van der Waals surface area contributed by atoms with Gasteiger partial charge in [-0.1, -0.05) is 0 Å². The lowest BCUT2D eigenvalue weighted by Gasteiger charge is -2.08. The molecule has 0 aliphatic heterocycles. The van der Waals surface area contributed by atoms with Gasteiger partial charge in [-0.3, -0.25) is 4.79 Å². The Morgan fingerprint density at radius 2 is 1.82 bits per heavy atom. The maximum Gasteiger partial charge on any atom is 0.336 e. The monoisotopic (exact) mass is 297 g/mol. The van der Waals surface area contributed by atoms with Gasteiger partial charge in [0, 0.05) is 17.1 Å². The van der Waals surface area contributed by atoms with Gasteiger partial charge in [0.25, 0.3) is 5.91 Å². The van der Waals surface area contributed by atoms with Gasteiger partial charge < -0.3 is 19.9 Å². The van der Waals surface area contributed by atoms with Crippen LogP contribution in [0, 0.1) is 0 Å². The number of carbonyl (C=O) groups excluding carboxylic acids is 1. The zero-order valence-corrected chi connectivity index (χ0v) is 11.2. The van der Waals surface area contributed by atoms with E-state index in [1.165, 1.54) is 24.3 Å². The molecule has 0 saturated heterocycles. The lowest BCUT2D eigenvalue weighted by atomic mass is 10.1. The van der Waals surface area contributed by atoms with Crippen molar-refractivity contribution in [3.63, 3.8) is 0 Å². The summed E-state index contributed by atoms with van der Waals surface area (Å²) in [5.41, 5.74) is 0.383. The number of phenols is 2. The van der Waals surface area contributed by atoms with Crippen LogP contribution in [0.5, 0.6) is 11.5 Å². The van der Waals surface area contributed by atoms with Crippen molar-refractivity contribution < 1.29 is 19.4 Å². The molecule has 110 valence electrons. The van der Waals surface area contributed by atoms with E-state index in [0.717, 1.165) is 0 Å². The van der Waals surface area contributed by atoms with Crippen LogP contribution in [0.2, 0.25) is 0 Å². The summed E-state index contributed by atoms with van der Waals surface area (Å²) < 4.78 is 5.00. The van der Waals surface area contributed by atoms with Gasteiger partial charge in [0.05, 0.1) is 5.56 Å². The highest BCUT2D eigenvalue weighted by molar-refractivity contribution is 6.07. The average molecular weight is 297 g/mol. The third kappa shape index (κ3) is 2.62. The van der Waals surface area contributed by atoms with E-state index < -0.39 is 11.5 Å². The van der Waals surface area contributed by atoms with Crippen LogP contribution in [-0.4, -0.2) is 16.1 Å².